The average Bonchev–Trinajstić information content (AvgIpc) is 2.68. The summed E-state index contributed by atoms with van der Waals surface area (Å²) in [6.45, 7) is 1.64. The number of amides is 2. The minimum Gasteiger partial charge on any atom is -0.326 e. The molecule has 0 atom stereocenters. The highest BCUT2D eigenvalue weighted by Crippen LogP contribution is 2.16. The zero-order chi connectivity index (χ0) is 19.9. The van der Waals surface area contributed by atoms with Gasteiger partial charge in [0.2, 0.25) is 15.9 Å². The molecule has 2 amide bonds. The first-order chi connectivity index (χ1) is 12.9. The fraction of sp³-hybridized carbons (Fsp3) is 0.158. The summed E-state index contributed by atoms with van der Waals surface area (Å²) < 4.78 is 26.2. The first kappa shape index (κ1) is 20.2. The fourth-order valence-electron chi connectivity index (χ4n) is 2.10. The lowest BCUT2D eigenvalue weighted by atomic mass is 10.2. The van der Waals surface area contributed by atoms with Crippen molar-refractivity contribution in [3.8, 4) is 12.3 Å². The van der Waals surface area contributed by atoms with Crippen molar-refractivity contribution in [1.82, 2.24) is 4.72 Å². The summed E-state index contributed by atoms with van der Waals surface area (Å²) >= 11 is 0. The number of anilines is 2. The van der Waals surface area contributed by atoms with E-state index in [-0.39, 0.29) is 23.3 Å². The number of hydrogen-bond acceptors (Lipinski definition) is 4. The van der Waals surface area contributed by atoms with Crippen LogP contribution in [0.5, 0.6) is 0 Å². The SMILES string of the molecule is C#CCNS(=O)(=O)c1ccc(C(=O)Nc2ccc(NC(=O)CC)cc2)cc1. The van der Waals surface area contributed by atoms with Crippen LogP contribution >= 0.6 is 0 Å². The molecule has 2 rings (SSSR count). The maximum atomic E-state index is 12.3. The van der Waals surface area contributed by atoms with Gasteiger partial charge in [-0.2, -0.15) is 4.72 Å². The van der Waals surface area contributed by atoms with Gasteiger partial charge in [0, 0.05) is 23.4 Å². The third-order valence-corrected chi connectivity index (χ3v) is 4.96. The van der Waals surface area contributed by atoms with Gasteiger partial charge in [-0.3, -0.25) is 9.59 Å². The first-order valence-electron chi connectivity index (χ1n) is 8.10. The standard InChI is InChI=1S/C19H19N3O4S/c1-3-13-20-27(25,26)17-11-5-14(6-12-17)19(24)22-16-9-7-15(8-10-16)21-18(23)4-2/h1,5-12,20H,4,13H2,2H3,(H,21,23)(H,22,24). The second kappa shape index (κ2) is 8.98. The fourth-order valence-corrected chi connectivity index (χ4v) is 3.03. The monoisotopic (exact) mass is 385 g/mol. The molecule has 0 bridgehead atoms. The molecule has 0 aliphatic carbocycles. The minimum absolute atomic E-state index is 0.0188. The first-order valence-corrected chi connectivity index (χ1v) is 9.58. The predicted molar refractivity (Wildman–Crippen MR) is 104 cm³/mol. The summed E-state index contributed by atoms with van der Waals surface area (Å²) in [4.78, 5) is 23.6. The van der Waals surface area contributed by atoms with Crippen LogP contribution in [0.4, 0.5) is 11.4 Å². The van der Waals surface area contributed by atoms with Crippen molar-refractivity contribution in [3.63, 3.8) is 0 Å². The van der Waals surface area contributed by atoms with Crippen molar-refractivity contribution in [2.45, 2.75) is 18.2 Å². The zero-order valence-corrected chi connectivity index (χ0v) is 15.5. The van der Waals surface area contributed by atoms with Crippen LogP contribution < -0.4 is 15.4 Å². The highest BCUT2D eigenvalue weighted by atomic mass is 32.2. The topological polar surface area (TPSA) is 104 Å². The molecule has 0 aromatic heterocycles. The van der Waals surface area contributed by atoms with Gasteiger partial charge in [0.15, 0.2) is 0 Å². The summed E-state index contributed by atoms with van der Waals surface area (Å²) in [5, 5.41) is 5.41. The Labute approximate surface area is 158 Å². The number of carbonyl (C=O) groups is 2. The largest absolute Gasteiger partial charge is 0.326 e. The summed E-state index contributed by atoms with van der Waals surface area (Å²) in [5.74, 6) is 1.70. The van der Waals surface area contributed by atoms with Gasteiger partial charge in [0.25, 0.3) is 5.91 Å². The second-order valence-electron chi connectivity index (χ2n) is 5.49. The quantitative estimate of drug-likeness (QED) is 0.636. The van der Waals surface area contributed by atoms with Gasteiger partial charge in [-0.05, 0) is 48.5 Å². The minimum atomic E-state index is -3.70. The Morgan fingerprint density at radius 1 is 0.963 bits per heavy atom. The molecule has 3 N–H and O–H groups in total. The van der Waals surface area contributed by atoms with Gasteiger partial charge in [0.05, 0.1) is 11.4 Å². The molecule has 0 saturated carbocycles. The van der Waals surface area contributed by atoms with Crippen molar-refractivity contribution >= 4 is 33.2 Å². The molecule has 2 aromatic carbocycles. The van der Waals surface area contributed by atoms with E-state index in [0.29, 0.717) is 23.4 Å². The molecule has 0 aliphatic heterocycles. The van der Waals surface area contributed by atoms with Gasteiger partial charge in [-0.25, -0.2) is 8.42 Å². The number of nitrogens with one attached hydrogen (secondary N) is 3. The Kier molecular flexibility index (Phi) is 6.71. The van der Waals surface area contributed by atoms with E-state index in [2.05, 4.69) is 21.3 Å². The van der Waals surface area contributed by atoms with Gasteiger partial charge < -0.3 is 10.6 Å². The molecule has 0 saturated heterocycles. The van der Waals surface area contributed by atoms with Gasteiger partial charge in [0.1, 0.15) is 0 Å². The lowest BCUT2D eigenvalue weighted by Gasteiger charge is -2.08. The van der Waals surface area contributed by atoms with E-state index in [1.165, 1.54) is 24.3 Å². The van der Waals surface area contributed by atoms with Crippen molar-refractivity contribution in [2.75, 3.05) is 17.2 Å². The average molecular weight is 385 g/mol. The molecule has 0 unspecified atom stereocenters. The molecule has 0 radical (unpaired) electrons. The van der Waals surface area contributed by atoms with E-state index in [1.807, 2.05) is 0 Å². The Balaban J connectivity index is 2.04. The number of sulfonamides is 1. The molecule has 140 valence electrons. The summed E-state index contributed by atoms with van der Waals surface area (Å²) in [6.07, 6.45) is 5.42. The van der Waals surface area contributed by atoms with Gasteiger partial charge in [-0.1, -0.05) is 12.8 Å². The third kappa shape index (κ3) is 5.67. The molecule has 7 nitrogen and oxygen atoms in total. The maximum absolute atomic E-state index is 12.3. The number of carbonyl (C=O) groups excluding carboxylic acids is 2. The van der Waals surface area contributed by atoms with Crippen LogP contribution in [-0.2, 0) is 14.8 Å². The van der Waals surface area contributed by atoms with Crippen LogP contribution in [-0.4, -0.2) is 26.8 Å². The Morgan fingerprint density at radius 3 is 2.04 bits per heavy atom. The molecule has 2 aromatic rings. The zero-order valence-electron chi connectivity index (χ0n) is 14.7. The normalized spacial score (nSPS) is 10.7. The highest BCUT2D eigenvalue weighted by Gasteiger charge is 2.14. The number of rotatable bonds is 7. The molecule has 8 heteroatoms. The Hall–Kier alpha value is -3.15. The molecule has 0 aliphatic rings. The van der Waals surface area contributed by atoms with E-state index >= 15 is 0 Å². The van der Waals surface area contributed by atoms with Crippen LogP contribution in [0.15, 0.2) is 53.4 Å². The van der Waals surface area contributed by atoms with Gasteiger partial charge >= 0.3 is 0 Å². The van der Waals surface area contributed by atoms with Crippen LogP contribution in [0.25, 0.3) is 0 Å². The predicted octanol–water partition coefficient (Wildman–Crippen LogP) is 2.20. The maximum Gasteiger partial charge on any atom is 0.255 e. The Morgan fingerprint density at radius 2 is 1.52 bits per heavy atom. The molecule has 27 heavy (non-hydrogen) atoms. The number of benzene rings is 2. The highest BCUT2D eigenvalue weighted by molar-refractivity contribution is 7.89. The Bertz CT molecular complexity index is 960. The third-order valence-electron chi connectivity index (χ3n) is 3.54. The lowest BCUT2D eigenvalue weighted by molar-refractivity contribution is -0.115. The summed E-state index contributed by atoms with van der Waals surface area (Å²) in [5.41, 5.74) is 1.48. The van der Waals surface area contributed by atoms with Crippen LogP contribution in [0.1, 0.15) is 23.7 Å². The molecule has 0 spiro atoms. The van der Waals surface area contributed by atoms with E-state index in [0.717, 1.165) is 0 Å². The van der Waals surface area contributed by atoms with E-state index in [1.54, 1.807) is 31.2 Å². The van der Waals surface area contributed by atoms with Crippen LogP contribution in [0.2, 0.25) is 0 Å². The summed E-state index contributed by atoms with van der Waals surface area (Å²) in [7, 11) is -3.70. The number of terminal acetylenes is 1. The van der Waals surface area contributed by atoms with E-state index in [4.69, 9.17) is 6.42 Å². The smallest absolute Gasteiger partial charge is 0.255 e. The van der Waals surface area contributed by atoms with Gasteiger partial charge in [-0.15, -0.1) is 6.42 Å². The van der Waals surface area contributed by atoms with Crippen molar-refractivity contribution in [3.05, 3.63) is 54.1 Å². The number of hydrogen-bond donors (Lipinski definition) is 3. The van der Waals surface area contributed by atoms with Crippen molar-refractivity contribution in [1.29, 1.82) is 0 Å². The molecule has 0 fully saturated rings. The summed E-state index contributed by atoms with van der Waals surface area (Å²) in [6, 6.07) is 12.2. The molecule has 0 heterocycles. The van der Waals surface area contributed by atoms with Crippen molar-refractivity contribution in [2.24, 2.45) is 0 Å². The molecular weight excluding hydrogens is 366 g/mol. The van der Waals surface area contributed by atoms with E-state index in [9.17, 15) is 18.0 Å². The molecular formula is C19H19N3O4S. The van der Waals surface area contributed by atoms with Crippen LogP contribution in [0, 0.1) is 12.3 Å². The lowest BCUT2D eigenvalue weighted by Crippen LogP contribution is -2.24. The van der Waals surface area contributed by atoms with E-state index < -0.39 is 10.0 Å². The second-order valence-corrected chi connectivity index (χ2v) is 7.25. The van der Waals surface area contributed by atoms with Crippen molar-refractivity contribution < 1.29 is 18.0 Å². The van der Waals surface area contributed by atoms with Crippen LogP contribution in [0.3, 0.4) is 0 Å².